The first-order valence-corrected chi connectivity index (χ1v) is 7.56. The Morgan fingerprint density at radius 2 is 2.00 bits per heavy atom. The molecule has 1 aliphatic heterocycles. The zero-order valence-corrected chi connectivity index (χ0v) is 11.9. The van der Waals surface area contributed by atoms with Crippen LogP contribution >= 0.6 is 15.9 Å². The molecule has 0 saturated carbocycles. The van der Waals surface area contributed by atoms with E-state index >= 15 is 0 Å². The van der Waals surface area contributed by atoms with Gasteiger partial charge in [-0.05, 0) is 30.7 Å². The number of rotatable bonds is 3. The van der Waals surface area contributed by atoms with Crippen molar-refractivity contribution in [2.45, 2.75) is 17.4 Å². The molecule has 17 heavy (non-hydrogen) atoms. The minimum atomic E-state index is -3.37. The fourth-order valence-electron chi connectivity index (χ4n) is 1.86. The highest BCUT2D eigenvalue weighted by Crippen LogP contribution is 2.23. The number of methoxy groups -OCH3 is 1. The lowest BCUT2D eigenvalue weighted by atomic mass is 10.3. The van der Waals surface area contributed by atoms with E-state index in [1.807, 2.05) is 0 Å². The Balaban J connectivity index is 2.22. The summed E-state index contributed by atoms with van der Waals surface area (Å²) in [5, 5.41) is 0. The highest BCUT2D eigenvalue weighted by molar-refractivity contribution is 9.10. The van der Waals surface area contributed by atoms with Crippen molar-refractivity contribution in [2.24, 2.45) is 0 Å². The Morgan fingerprint density at radius 3 is 2.53 bits per heavy atom. The molecule has 0 N–H and O–H groups in total. The molecule has 1 heterocycles. The first kappa shape index (κ1) is 13.0. The predicted octanol–water partition coefficient (Wildman–Crippen LogP) is 1.86. The Labute approximate surface area is 110 Å². The van der Waals surface area contributed by atoms with Gasteiger partial charge in [-0.1, -0.05) is 15.9 Å². The van der Waals surface area contributed by atoms with Crippen LogP contribution in [0.3, 0.4) is 0 Å². The molecule has 1 saturated heterocycles. The molecule has 1 unspecified atom stereocenters. The zero-order valence-electron chi connectivity index (χ0n) is 9.47. The summed E-state index contributed by atoms with van der Waals surface area (Å²) in [7, 11) is -1.75. The van der Waals surface area contributed by atoms with E-state index in [0.717, 1.165) is 10.9 Å². The third kappa shape index (κ3) is 2.70. The summed E-state index contributed by atoms with van der Waals surface area (Å²) in [4.78, 5) is 0.331. The molecule has 0 radical (unpaired) electrons. The van der Waals surface area contributed by atoms with E-state index in [0.29, 0.717) is 18.0 Å². The summed E-state index contributed by atoms with van der Waals surface area (Å²) in [5.41, 5.74) is 0. The first-order valence-electron chi connectivity index (χ1n) is 5.32. The van der Waals surface area contributed by atoms with Gasteiger partial charge in [-0.15, -0.1) is 0 Å². The van der Waals surface area contributed by atoms with Crippen LogP contribution in [0, 0.1) is 0 Å². The van der Waals surface area contributed by atoms with Crippen molar-refractivity contribution in [3.8, 4) is 0 Å². The van der Waals surface area contributed by atoms with Crippen LogP contribution in [0.1, 0.15) is 6.42 Å². The maximum absolute atomic E-state index is 12.3. The Kier molecular flexibility index (Phi) is 3.87. The van der Waals surface area contributed by atoms with Gasteiger partial charge in [0.2, 0.25) is 10.0 Å². The van der Waals surface area contributed by atoms with Crippen LogP contribution in [-0.2, 0) is 14.8 Å². The minimum absolute atomic E-state index is 0.0141. The molecule has 4 nitrogen and oxygen atoms in total. The van der Waals surface area contributed by atoms with Crippen molar-refractivity contribution in [3.05, 3.63) is 28.7 Å². The quantitative estimate of drug-likeness (QED) is 0.854. The molecular formula is C11H14BrNO3S. The van der Waals surface area contributed by atoms with Crippen LogP contribution in [-0.4, -0.2) is 39.0 Å². The minimum Gasteiger partial charge on any atom is -0.380 e. The van der Waals surface area contributed by atoms with Gasteiger partial charge in [-0.2, -0.15) is 4.31 Å². The number of hydrogen-bond donors (Lipinski definition) is 0. The van der Waals surface area contributed by atoms with Crippen LogP contribution < -0.4 is 0 Å². The maximum atomic E-state index is 12.3. The molecule has 1 atom stereocenters. The molecule has 1 aromatic carbocycles. The third-order valence-electron chi connectivity index (χ3n) is 2.89. The summed E-state index contributed by atoms with van der Waals surface area (Å²) in [5.74, 6) is 0. The van der Waals surface area contributed by atoms with Crippen molar-refractivity contribution in [1.29, 1.82) is 0 Å². The second kappa shape index (κ2) is 5.06. The van der Waals surface area contributed by atoms with E-state index < -0.39 is 10.0 Å². The van der Waals surface area contributed by atoms with E-state index in [4.69, 9.17) is 4.74 Å². The first-order chi connectivity index (χ1) is 8.04. The van der Waals surface area contributed by atoms with E-state index in [1.165, 1.54) is 4.31 Å². The predicted molar refractivity (Wildman–Crippen MR) is 68.3 cm³/mol. The smallest absolute Gasteiger partial charge is 0.243 e. The number of sulfonamides is 1. The van der Waals surface area contributed by atoms with Gasteiger partial charge in [0, 0.05) is 24.7 Å². The van der Waals surface area contributed by atoms with Crippen molar-refractivity contribution in [2.75, 3.05) is 20.2 Å². The van der Waals surface area contributed by atoms with E-state index in [2.05, 4.69) is 15.9 Å². The molecule has 6 heteroatoms. The molecule has 0 amide bonds. The number of halogens is 1. The van der Waals surface area contributed by atoms with Gasteiger partial charge in [0.1, 0.15) is 0 Å². The van der Waals surface area contributed by atoms with Gasteiger partial charge in [0.25, 0.3) is 0 Å². The molecule has 94 valence electrons. The third-order valence-corrected chi connectivity index (χ3v) is 5.30. The highest BCUT2D eigenvalue weighted by Gasteiger charge is 2.32. The molecule has 0 spiro atoms. The molecule has 1 aromatic rings. The van der Waals surface area contributed by atoms with Gasteiger partial charge < -0.3 is 4.74 Å². The van der Waals surface area contributed by atoms with Crippen LogP contribution in [0.25, 0.3) is 0 Å². The summed E-state index contributed by atoms with van der Waals surface area (Å²) in [6.45, 7) is 0.964. The lowest BCUT2D eigenvalue weighted by Crippen LogP contribution is -2.30. The average molecular weight is 320 g/mol. The molecule has 1 fully saturated rings. The van der Waals surface area contributed by atoms with Crippen molar-refractivity contribution in [3.63, 3.8) is 0 Å². The average Bonchev–Trinajstić information content (AvgIpc) is 2.78. The zero-order chi connectivity index (χ0) is 12.5. The fraction of sp³-hybridized carbons (Fsp3) is 0.455. The monoisotopic (exact) mass is 319 g/mol. The maximum Gasteiger partial charge on any atom is 0.243 e. The van der Waals surface area contributed by atoms with Gasteiger partial charge in [-0.25, -0.2) is 8.42 Å². The summed E-state index contributed by atoms with van der Waals surface area (Å²) in [6, 6.07) is 6.69. The topological polar surface area (TPSA) is 46.6 Å². The lowest BCUT2D eigenvalue weighted by molar-refractivity contribution is 0.115. The van der Waals surface area contributed by atoms with Gasteiger partial charge in [-0.3, -0.25) is 0 Å². The SMILES string of the molecule is COC1CCN(S(=O)(=O)c2ccc(Br)cc2)C1. The van der Waals surface area contributed by atoms with Gasteiger partial charge in [0.05, 0.1) is 11.0 Å². The molecule has 0 aromatic heterocycles. The Bertz CT molecular complexity index is 486. The number of hydrogen-bond acceptors (Lipinski definition) is 3. The standard InChI is InChI=1S/C11H14BrNO3S/c1-16-10-6-7-13(8-10)17(14,15)11-4-2-9(12)3-5-11/h2-5,10H,6-8H2,1H3. The Morgan fingerprint density at radius 1 is 1.35 bits per heavy atom. The van der Waals surface area contributed by atoms with Crippen LogP contribution in [0.5, 0.6) is 0 Å². The second-order valence-electron chi connectivity index (χ2n) is 3.96. The van der Waals surface area contributed by atoms with E-state index in [-0.39, 0.29) is 6.10 Å². The molecular weight excluding hydrogens is 306 g/mol. The number of nitrogens with zero attached hydrogens (tertiary/aromatic N) is 1. The summed E-state index contributed by atoms with van der Waals surface area (Å²) < 4.78 is 32.0. The number of ether oxygens (including phenoxy) is 1. The summed E-state index contributed by atoms with van der Waals surface area (Å²) >= 11 is 3.29. The molecule has 2 rings (SSSR count). The van der Waals surface area contributed by atoms with Gasteiger partial charge >= 0.3 is 0 Å². The molecule has 0 bridgehead atoms. The largest absolute Gasteiger partial charge is 0.380 e. The fourth-order valence-corrected chi connectivity index (χ4v) is 3.61. The molecule has 0 aliphatic carbocycles. The normalized spacial score (nSPS) is 21.9. The van der Waals surface area contributed by atoms with Crippen LogP contribution in [0.2, 0.25) is 0 Å². The van der Waals surface area contributed by atoms with Crippen molar-refractivity contribution >= 4 is 26.0 Å². The van der Waals surface area contributed by atoms with E-state index in [9.17, 15) is 8.42 Å². The highest BCUT2D eigenvalue weighted by atomic mass is 79.9. The Hall–Kier alpha value is -0.430. The van der Waals surface area contributed by atoms with Gasteiger partial charge in [0.15, 0.2) is 0 Å². The summed E-state index contributed by atoms with van der Waals surface area (Å²) in [6.07, 6.45) is 0.770. The number of benzene rings is 1. The van der Waals surface area contributed by atoms with E-state index in [1.54, 1.807) is 31.4 Å². The molecule has 1 aliphatic rings. The lowest BCUT2D eigenvalue weighted by Gasteiger charge is -2.16. The van der Waals surface area contributed by atoms with Crippen LogP contribution in [0.4, 0.5) is 0 Å². The second-order valence-corrected chi connectivity index (χ2v) is 6.82. The van der Waals surface area contributed by atoms with Crippen molar-refractivity contribution in [1.82, 2.24) is 4.31 Å². The van der Waals surface area contributed by atoms with Crippen molar-refractivity contribution < 1.29 is 13.2 Å². The van der Waals surface area contributed by atoms with Crippen LogP contribution in [0.15, 0.2) is 33.6 Å².